The zero-order valence-corrected chi connectivity index (χ0v) is 13.5. The Morgan fingerprint density at radius 2 is 1.75 bits per heavy atom. The lowest BCUT2D eigenvalue weighted by Crippen LogP contribution is -2.18. The van der Waals surface area contributed by atoms with Crippen molar-refractivity contribution in [1.82, 2.24) is 5.32 Å². The van der Waals surface area contributed by atoms with Crippen molar-refractivity contribution in [3.8, 4) is 0 Å². The minimum Gasteiger partial charge on any atom is -0.403 e. The van der Waals surface area contributed by atoms with Gasteiger partial charge in [0.1, 0.15) is 0 Å². The van der Waals surface area contributed by atoms with E-state index in [0.29, 0.717) is 12.5 Å². The monoisotopic (exact) mass is 282 g/mol. The summed E-state index contributed by atoms with van der Waals surface area (Å²) >= 11 is 0. The van der Waals surface area contributed by atoms with Crippen LogP contribution in [0.4, 0.5) is 0 Å². The molecule has 0 aromatic rings. The molecule has 0 saturated carbocycles. The van der Waals surface area contributed by atoms with Gasteiger partial charge in [0.25, 0.3) is 0 Å². The summed E-state index contributed by atoms with van der Waals surface area (Å²) < 4.78 is 5.56. The fourth-order valence-corrected chi connectivity index (χ4v) is 1.84. The highest BCUT2D eigenvalue weighted by atomic mass is 16.5. The van der Waals surface area contributed by atoms with Crippen molar-refractivity contribution in [2.45, 2.75) is 58.8 Å². The molecule has 0 amide bonds. The van der Waals surface area contributed by atoms with E-state index in [9.17, 15) is 0 Å². The molecule has 0 aliphatic rings. The Morgan fingerprint density at radius 1 is 1.10 bits per heavy atom. The maximum absolute atomic E-state index is 5.56. The van der Waals surface area contributed by atoms with Crippen LogP contribution < -0.4 is 11.1 Å². The van der Waals surface area contributed by atoms with E-state index in [0.717, 1.165) is 37.4 Å². The average molecular weight is 282 g/mol. The molecule has 0 atom stereocenters. The van der Waals surface area contributed by atoms with Gasteiger partial charge < -0.3 is 15.8 Å². The van der Waals surface area contributed by atoms with Gasteiger partial charge in [0, 0.05) is 24.5 Å². The fraction of sp³-hybridized carbons (Fsp3) is 0.765. The van der Waals surface area contributed by atoms with Gasteiger partial charge in [-0.2, -0.15) is 0 Å². The molecule has 20 heavy (non-hydrogen) atoms. The second kappa shape index (κ2) is 13.0. The molecule has 0 aliphatic heterocycles. The Hall–Kier alpha value is -0.960. The third-order valence-electron chi connectivity index (χ3n) is 3.17. The zero-order valence-electron chi connectivity index (χ0n) is 13.5. The molecule has 0 bridgehead atoms. The smallest absolute Gasteiger partial charge is 0.0856 e. The largest absolute Gasteiger partial charge is 0.403 e. The lowest BCUT2D eigenvalue weighted by molar-refractivity contribution is 0.140. The third-order valence-corrected chi connectivity index (χ3v) is 3.17. The molecule has 0 aromatic heterocycles. The molecule has 0 fully saturated rings. The minimum absolute atomic E-state index is 0.630. The van der Waals surface area contributed by atoms with Crippen molar-refractivity contribution < 1.29 is 4.74 Å². The summed E-state index contributed by atoms with van der Waals surface area (Å²) in [5.41, 5.74) is 7.33. The summed E-state index contributed by atoms with van der Waals surface area (Å²) in [6.07, 6.45) is 8.20. The molecule has 0 heterocycles. The van der Waals surface area contributed by atoms with Crippen LogP contribution >= 0.6 is 0 Å². The van der Waals surface area contributed by atoms with Gasteiger partial charge in [-0.05, 0) is 31.6 Å². The van der Waals surface area contributed by atoms with Crippen LogP contribution in [0.3, 0.4) is 0 Å². The first-order valence-electron chi connectivity index (χ1n) is 7.95. The summed E-state index contributed by atoms with van der Waals surface area (Å²) in [5.74, 6) is 0.702. The predicted octanol–water partition coefficient (Wildman–Crippen LogP) is 3.97. The molecule has 0 rings (SSSR count). The summed E-state index contributed by atoms with van der Waals surface area (Å²) in [6.45, 7) is 14.6. The number of ether oxygens (including phenoxy) is 1. The normalized spacial score (nSPS) is 10.8. The van der Waals surface area contributed by atoms with Crippen LogP contribution in [0.5, 0.6) is 0 Å². The predicted molar refractivity (Wildman–Crippen MR) is 88.4 cm³/mol. The van der Waals surface area contributed by atoms with Gasteiger partial charge in [0.05, 0.1) is 6.61 Å². The van der Waals surface area contributed by atoms with Crippen LogP contribution in [0.1, 0.15) is 58.8 Å². The number of allylic oxidation sites excluding steroid dienone is 1. The number of nitrogens with two attached hydrogens (primary N) is 1. The first kappa shape index (κ1) is 19.0. The van der Waals surface area contributed by atoms with Gasteiger partial charge >= 0.3 is 0 Å². The molecule has 3 N–H and O–H groups in total. The van der Waals surface area contributed by atoms with Crippen molar-refractivity contribution in [1.29, 1.82) is 0 Å². The molecule has 0 radical (unpaired) electrons. The molecule has 0 unspecified atom stereocenters. The summed E-state index contributed by atoms with van der Waals surface area (Å²) in [7, 11) is 0. The van der Waals surface area contributed by atoms with E-state index in [1.807, 2.05) is 0 Å². The number of rotatable bonds is 14. The molecule has 0 spiro atoms. The Bertz CT molecular complexity index is 262. The maximum Gasteiger partial charge on any atom is 0.0856 e. The summed E-state index contributed by atoms with van der Waals surface area (Å²) in [6, 6.07) is 0. The first-order chi connectivity index (χ1) is 9.52. The van der Waals surface area contributed by atoms with E-state index < -0.39 is 0 Å². The number of unbranched alkanes of at least 4 members (excludes halogenated alkanes) is 4. The average Bonchev–Trinajstić information content (AvgIpc) is 2.37. The van der Waals surface area contributed by atoms with Crippen LogP contribution in [-0.2, 0) is 4.74 Å². The zero-order chi connectivity index (χ0) is 15.2. The van der Waals surface area contributed by atoms with Gasteiger partial charge in [0.15, 0.2) is 0 Å². The van der Waals surface area contributed by atoms with Gasteiger partial charge in [0.2, 0.25) is 0 Å². The lowest BCUT2D eigenvalue weighted by atomic mass is 10.1. The van der Waals surface area contributed by atoms with E-state index in [2.05, 4.69) is 32.3 Å². The number of nitrogens with one attached hydrogen (secondary N) is 1. The van der Waals surface area contributed by atoms with Crippen LogP contribution in [0, 0.1) is 5.92 Å². The van der Waals surface area contributed by atoms with Crippen molar-refractivity contribution in [2.24, 2.45) is 11.7 Å². The van der Waals surface area contributed by atoms with Gasteiger partial charge in [-0.1, -0.05) is 46.3 Å². The minimum atomic E-state index is 0.630. The second-order valence-corrected chi connectivity index (χ2v) is 5.94. The summed E-state index contributed by atoms with van der Waals surface area (Å²) in [5, 5.41) is 3.33. The third kappa shape index (κ3) is 15.1. The van der Waals surface area contributed by atoms with Crippen LogP contribution in [0.15, 0.2) is 24.6 Å². The first-order valence-corrected chi connectivity index (χ1v) is 7.95. The number of hydrogen-bond acceptors (Lipinski definition) is 3. The topological polar surface area (TPSA) is 47.3 Å². The maximum atomic E-state index is 5.56. The van der Waals surface area contributed by atoms with Gasteiger partial charge in [-0.3, -0.25) is 0 Å². The molecular weight excluding hydrogens is 248 g/mol. The van der Waals surface area contributed by atoms with Crippen molar-refractivity contribution >= 4 is 0 Å². The molecule has 0 aliphatic carbocycles. The van der Waals surface area contributed by atoms with E-state index >= 15 is 0 Å². The van der Waals surface area contributed by atoms with Crippen molar-refractivity contribution in [3.05, 3.63) is 24.6 Å². The molecule has 0 saturated heterocycles. The highest BCUT2D eigenvalue weighted by Gasteiger charge is 1.97. The van der Waals surface area contributed by atoms with E-state index in [1.165, 1.54) is 32.1 Å². The molecule has 0 aromatic carbocycles. The second-order valence-electron chi connectivity index (χ2n) is 5.94. The number of hydrogen-bond donors (Lipinski definition) is 2. The molecule has 118 valence electrons. The Balaban J connectivity index is 3.21. The van der Waals surface area contributed by atoms with E-state index in [1.54, 1.807) is 0 Å². The van der Waals surface area contributed by atoms with Crippen LogP contribution in [-0.4, -0.2) is 19.8 Å². The van der Waals surface area contributed by atoms with E-state index in [-0.39, 0.29) is 0 Å². The van der Waals surface area contributed by atoms with Gasteiger partial charge in [-0.15, -0.1) is 0 Å². The molecule has 3 heteroatoms. The summed E-state index contributed by atoms with van der Waals surface area (Å²) in [4.78, 5) is 0. The van der Waals surface area contributed by atoms with Gasteiger partial charge in [-0.25, -0.2) is 0 Å². The Labute approximate surface area is 125 Å². The Kier molecular flexibility index (Phi) is 12.4. The highest BCUT2D eigenvalue weighted by Crippen LogP contribution is 2.07. The van der Waals surface area contributed by atoms with E-state index in [4.69, 9.17) is 10.5 Å². The van der Waals surface area contributed by atoms with Crippen molar-refractivity contribution in [3.63, 3.8) is 0 Å². The Morgan fingerprint density at radius 3 is 2.40 bits per heavy atom. The lowest BCUT2D eigenvalue weighted by Gasteiger charge is -2.11. The van der Waals surface area contributed by atoms with Crippen LogP contribution in [0.25, 0.3) is 0 Å². The van der Waals surface area contributed by atoms with Crippen molar-refractivity contribution in [2.75, 3.05) is 19.8 Å². The SMILES string of the molecule is C=C(N)CCCCCCCNC(=C)COCCC(C)C. The van der Waals surface area contributed by atoms with Crippen LogP contribution in [0.2, 0.25) is 0 Å². The molecular formula is C17H34N2O. The quantitative estimate of drug-likeness (QED) is 0.474. The highest BCUT2D eigenvalue weighted by molar-refractivity contribution is 4.90. The fourth-order valence-electron chi connectivity index (χ4n) is 1.84. The molecule has 3 nitrogen and oxygen atoms in total. The standard InChI is InChI=1S/C17H34N2O/c1-15(2)11-13-20-14-17(4)19-12-9-7-5-6-8-10-16(3)18/h15,19H,3-14,18H2,1-2H3.